The van der Waals surface area contributed by atoms with E-state index < -0.39 is 0 Å². The number of hydrogen-bond acceptors (Lipinski definition) is 3. The van der Waals surface area contributed by atoms with Crippen molar-refractivity contribution in [1.82, 2.24) is 0 Å². The molecule has 3 nitrogen and oxygen atoms in total. The van der Waals surface area contributed by atoms with E-state index >= 15 is 0 Å². The molecule has 0 aromatic heterocycles. The van der Waals surface area contributed by atoms with Gasteiger partial charge in [-0.3, -0.25) is 0 Å². The lowest BCUT2D eigenvalue weighted by atomic mass is 10.1. The Morgan fingerprint density at radius 1 is 0.955 bits per heavy atom. The van der Waals surface area contributed by atoms with Crippen LogP contribution in [-0.4, -0.2) is 12.6 Å². The summed E-state index contributed by atoms with van der Waals surface area (Å²) < 4.78 is 5.10. The molecule has 0 bridgehead atoms. The van der Waals surface area contributed by atoms with Gasteiger partial charge in [-0.2, -0.15) is 0 Å². The van der Waals surface area contributed by atoms with Crippen LogP contribution in [0.2, 0.25) is 0 Å². The smallest absolute Gasteiger partial charge is 0.340 e. The largest absolute Gasteiger partial charge is 0.462 e. The molecular formula is C19H17NO2. The molecule has 0 saturated carbocycles. The van der Waals surface area contributed by atoms with Gasteiger partial charge in [0.05, 0.1) is 12.2 Å². The summed E-state index contributed by atoms with van der Waals surface area (Å²) in [7, 11) is 0. The number of esters is 1. The first kappa shape index (κ1) is 14.1. The molecule has 0 spiro atoms. The van der Waals surface area contributed by atoms with Crippen molar-refractivity contribution < 1.29 is 9.53 Å². The molecule has 0 fully saturated rings. The van der Waals surface area contributed by atoms with E-state index in [1.54, 1.807) is 6.92 Å². The molecule has 0 heterocycles. The Bertz CT molecular complexity index is 781. The van der Waals surface area contributed by atoms with Crippen molar-refractivity contribution >= 4 is 11.7 Å². The first-order chi connectivity index (χ1) is 10.7. The van der Waals surface area contributed by atoms with Crippen molar-refractivity contribution in [2.24, 2.45) is 0 Å². The molecule has 3 rings (SSSR count). The molecule has 110 valence electrons. The van der Waals surface area contributed by atoms with Crippen LogP contribution in [0.1, 0.15) is 17.3 Å². The number of fused-ring (bicyclic) bond motifs is 1. The molecule has 1 aromatic carbocycles. The van der Waals surface area contributed by atoms with Crippen LogP contribution in [0.15, 0.2) is 60.7 Å². The Morgan fingerprint density at radius 2 is 1.59 bits per heavy atom. The maximum atomic E-state index is 12.1. The van der Waals surface area contributed by atoms with Crippen molar-refractivity contribution in [1.29, 1.82) is 0 Å². The van der Waals surface area contributed by atoms with Crippen LogP contribution in [0.3, 0.4) is 0 Å². The van der Waals surface area contributed by atoms with E-state index in [2.05, 4.69) is 12.1 Å². The predicted octanol–water partition coefficient (Wildman–Crippen LogP) is 4.22. The average molecular weight is 291 g/mol. The summed E-state index contributed by atoms with van der Waals surface area (Å²) in [6.07, 6.45) is 0. The van der Waals surface area contributed by atoms with Crippen LogP contribution in [0.25, 0.3) is 22.3 Å². The number of carbonyl (C=O) groups excluding carboxylic acids is 1. The maximum absolute atomic E-state index is 12.1. The first-order valence-electron chi connectivity index (χ1n) is 7.25. The molecule has 0 atom stereocenters. The number of rotatable bonds is 3. The summed E-state index contributed by atoms with van der Waals surface area (Å²) in [5.74, 6) is -0.373. The van der Waals surface area contributed by atoms with Gasteiger partial charge in [-0.15, -0.1) is 0 Å². The monoisotopic (exact) mass is 291 g/mol. The van der Waals surface area contributed by atoms with Crippen LogP contribution in [0.5, 0.6) is 0 Å². The van der Waals surface area contributed by atoms with E-state index in [0.29, 0.717) is 17.9 Å². The molecule has 0 unspecified atom stereocenters. The number of hydrogen-bond donors (Lipinski definition) is 1. The van der Waals surface area contributed by atoms with Gasteiger partial charge >= 0.3 is 5.97 Å². The highest BCUT2D eigenvalue weighted by atomic mass is 16.5. The SMILES string of the molecule is CCOC(=O)c1c(N)cc2ccc(-c3ccccc3)ccc1-2. The highest BCUT2D eigenvalue weighted by Crippen LogP contribution is 2.35. The van der Waals surface area contributed by atoms with Crippen molar-refractivity contribution in [2.45, 2.75) is 6.92 Å². The zero-order valence-electron chi connectivity index (χ0n) is 12.4. The van der Waals surface area contributed by atoms with E-state index in [-0.39, 0.29) is 5.97 Å². The minimum atomic E-state index is -0.373. The molecule has 1 aromatic rings. The van der Waals surface area contributed by atoms with Crippen LogP contribution in [0, 0.1) is 0 Å². The lowest BCUT2D eigenvalue weighted by molar-refractivity contribution is 0.0529. The number of carbonyl (C=O) groups is 1. The van der Waals surface area contributed by atoms with Crippen LogP contribution < -0.4 is 5.73 Å². The number of ether oxygens (including phenoxy) is 1. The first-order valence-corrected chi connectivity index (χ1v) is 7.25. The summed E-state index contributed by atoms with van der Waals surface area (Å²) in [5, 5.41) is 0. The maximum Gasteiger partial charge on any atom is 0.340 e. The van der Waals surface area contributed by atoms with Crippen molar-refractivity contribution in [3.05, 3.63) is 66.2 Å². The van der Waals surface area contributed by atoms with Crippen molar-refractivity contribution in [2.75, 3.05) is 12.3 Å². The van der Waals surface area contributed by atoms with Gasteiger partial charge in [0.2, 0.25) is 0 Å². The third kappa shape index (κ3) is 2.53. The van der Waals surface area contributed by atoms with E-state index in [1.807, 2.05) is 48.5 Å². The van der Waals surface area contributed by atoms with Gasteiger partial charge in [-0.1, -0.05) is 54.6 Å². The molecular weight excluding hydrogens is 274 g/mol. The Kier molecular flexibility index (Phi) is 3.79. The summed E-state index contributed by atoms with van der Waals surface area (Å²) >= 11 is 0. The van der Waals surface area contributed by atoms with Gasteiger partial charge in [0.25, 0.3) is 0 Å². The summed E-state index contributed by atoms with van der Waals surface area (Å²) in [5.41, 5.74) is 10.9. The quantitative estimate of drug-likeness (QED) is 0.735. The summed E-state index contributed by atoms with van der Waals surface area (Å²) in [6, 6.07) is 19.9. The van der Waals surface area contributed by atoms with Gasteiger partial charge in [0.1, 0.15) is 0 Å². The highest BCUT2D eigenvalue weighted by Gasteiger charge is 2.20. The minimum absolute atomic E-state index is 0.333. The van der Waals surface area contributed by atoms with Crippen molar-refractivity contribution in [3.8, 4) is 22.3 Å². The molecule has 0 saturated heterocycles. The zero-order valence-corrected chi connectivity index (χ0v) is 12.4. The highest BCUT2D eigenvalue weighted by molar-refractivity contribution is 6.05. The third-order valence-corrected chi connectivity index (χ3v) is 3.64. The van der Waals surface area contributed by atoms with Gasteiger partial charge < -0.3 is 10.5 Å². The van der Waals surface area contributed by atoms with E-state index in [4.69, 9.17) is 10.5 Å². The standard InChI is InChI=1S/C19H17NO2/c1-2-22-19(21)18-16-11-10-14(13-6-4-3-5-7-13)8-9-15(16)12-17(18)20/h3-12H,2,20H2,1H3. The second kappa shape index (κ2) is 5.90. The molecule has 0 amide bonds. The Labute approximate surface area is 129 Å². The second-order valence-electron chi connectivity index (χ2n) is 5.05. The minimum Gasteiger partial charge on any atom is -0.462 e. The third-order valence-electron chi connectivity index (χ3n) is 3.64. The normalized spacial score (nSPS) is 10.6. The van der Waals surface area contributed by atoms with Crippen LogP contribution in [0.4, 0.5) is 5.69 Å². The van der Waals surface area contributed by atoms with Gasteiger partial charge in [0.15, 0.2) is 0 Å². The molecule has 2 aliphatic rings. The average Bonchev–Trinajstić information content (AvgIpc) is 2.70. The second-order valence-corrected chi connectivity index (χ2v) is 5.05. The lowest BCUT2D eigenvalue weighted by Gasteiger charge is -2.02. The molecule has 2 aliphatic carbocycles. The summed E-state index contributed by atoms with van der Waals surface area (Å²) in [4.78, 5) is 12.1. The fourth-order valence-electron chi connectivity index (χ4n) is 2.60. The van der Waals surface area contributed by atoms with Gasteiger partial charge in [0, 0.05) is 5.69 Å². The number of nitrogen functional groups attached to an aromatic ring is 1. The lowest BCUT2D eigenvalue weighted by Crippen LogP contribution is -2.06. The molecule has 0 aliphatic heterocycles. The van der Waals surface area contributed by atoms with E-state index in [1.165, 1.54) is 0 Å². The summed E-state index contributed by atoms with van der Waals surface area (Å²) in [6.45, 7) is 2.12. The zero-order chi connectivity index (χ0) is 15.5. The van der Waals surface area contributed by atoms with Gasteiger partial charge in [-0.05, 0) is 35.2 Å². The number of benzene rings is 1. The van der Waals surface area contributed by atoms with E-state index in [0.717, 1.165) is 22.3 Å². The fourth-order valence-corrected chi connectivity index (χ4v) is 2.60. The molecule has 3 heteroatoms. The Morgan fingerprint density at radius 3 is 2.32 bits per heavy atom. The molecule has 0 radical (unpaired) electrons. The van der Waals surface area contributed by atoms with Gasteiger partial charge in [-0.25, -0.2) is 4.79 Å². The number of anilines is 1. The van der Waals surface area contributed by atoms with E-state index in [9.17, 15) is 4.79 Å². The topological polar surface area (TPSA) is 52.3 Å². The van der Waals surface area contributed by atoms with Crippen LogP contribution in [-0.2, 0) is 4.74 Å². The van der Waals surface area contributed by atoms with Crippen LogP contribution >= 0.6 is 0 Å². The Hall–Kier alpha value is -2.81. The Balaban J connectivity index is 2.11. The predicted molar refractivity (Wildman–Crippen MR) is 88.9 cm³/mol. The fraction of sp³-hybridized carbons (Fsp3) is 0.105. The molecule has 22 heavy (non-hydrogen) atoms. The van der Waals surface area contributed by atoms with Crippen molar-refractivity contribution in [3.63, 3.8) is 0 Å². The number of nitrogens with two attached hydrogens (primary N) is 1. The molecule has 2 N–H and O–H groups in total.